The van der Waals surface area contributed by atoms with Gasteiger partial charge in [-0.25, -0.2) is 4.79 Å². The topological polar surface area (TPSA) is 44.8 Å². The first kappa shape index (κ1) is 17.1. The molecule has 1 aromatic carbocycles. The number of ether oxygens (including phenoxy) is 1. The first-order valence-corrected chi connectivity index (χ1v) is 9.07. The molecular weight excluding hydrogens is 302 g/mol. The summed E-state index contributed by atoms with van der Waals surface area (Å²) >= 11 is 0. The molecule has 3 rings (SSSR count). The zero-order valence-electron chi connectivity index (χ0n) is 15.0. The van der Waals surface area contributed by atoms with Crippen LogP contribution in [0.15, 0.2) is 24.3 Å². The Labute approximate surface area is 145 Å². The molecule has 5 nitrogen and oxygen atoms in total. The Kier molecular flexibility index (Phi) is 5.29. The summed E-state index contributed by atoms with van der Waals surface area (Å²) in [6.07, 6.45) is 2.80. The molecule has 2 fully saturated rings. The van der Waals surface area contributed by atoms with Crippen molar-refractivity contribution < 1.29 is 9.53 Å². The highest BCUT2D eigenvalue weighted by atomic mass is 16.5. The van der Waals surface area contributed by atoms with Crippen LogP contribution in [0.1, 0.15) is 33.6 Å². The van der Waals surface area contributed by atoms with Gasteiger partial charge in [0.1, 0.15) is 0 Å². The Bertz CT molecular complexity index is 550. The maximum absolute atomic E-state index is 12.4. The minimum Gasteiger partial charge on any atom is -0.372 e. The Hall–Kier alpha value is -1.75. The molecule has 0 spiro atoms. The van der Waals surface area contributed by atoms with Crippen molar-refractivity contribution in [3.05, 3.63) is 24.3 Å². The molecule has 2 amide bonds. The predicted octanol–water partition coefficient (Wildman–Crippen LogP) is 3.56. The van der Waals surface area contributed by atoms with Gasteiger partial charge in [-0.1, -0.05) is 6.92 Å². The molecule has 132 valence electrons. The molecule has 2 aliphatic rings. The van der Waals surface area contributed by atoms with Gasteiger partial charge in [0, 0.05) is 37.6 Å². The number of piperidine rings is 1. The number of morpholine rings is 1. The summed E-state index contributed by atoms with van der Waals surface area (Å²) in [4.78, 5) is 16.6. The summed E-state index contributed by atoms with van der Waals surface area (Å²) in [6.45, 7) is 9.95. The van der Waals surface area contributed by atoms with Crippen LogP contribution in [0.2, 0.25) is 0 Å². The number of nitrogens with one attached hydrogen (secondary N) is 1. The van der Waals surface area contributed by atoms with Crippen molar-refractivity contribution in [1.29, 1.82) is 0 Å². The lowest BCUT2D eigenvalue weighted by molar-refractivity contribution is -0.00521. The number of urea groups is 1. The Morgan fingerprint density at radius 1 is 1.08 bits per heavy atom. The van der Waals surface area contributed by atoms with Crippen LogP contribution in [0.4, 0.5) is 16.2 Å². The number of benzene rings is 1. The van der Waals surface area contributed by atoms with Crippen LogP contribution in [0.25, 0.3) is 0 Å². The Morgan fingerprint density at radius 3 is 2.38 bits per heavy atom. The van der Waals surface area contributed by atoms with Crippen molar-refractivity contribution in [3.8, 4) is 0 Å². The molecule has 0 unspecified atom stereocenters. The van der Waals surface area contributed by atoms with E-state index in [1.165, 1.54) is 12.1 Å². The van der Waals surface area contributed by atoms with E-state index in [9.17, 15) is 4.79 Å². The zero-order chi connectivity index (χ0) is 17.1. The fourth-order valence-electron chi connectivity index (χ4n) is 3.72. The molecule has 24 heavy (non-hydrogen) atoms. The number of hydrogen-bond donors (Lipinski definition) is 1. The monoisotopic (exact) mass is 331 g/mol. The summed E-state index contributed by atoms with van der Waals surface area (Å²) in [6, 6.07) is 8.16. The number of carbonyl (C=O) groups is 1. The molecule has 1 aromatic rings. The number of hydrogen-bond acceptors (Lipinski definition) is 3. The van der Waals surface area contributed by atoms with E-state index in [4.69, 9.17) is 4.74 Å². The number of anilines is 2. The van der Waals surface area contributed by atoms with Crippen LogP contribution >= 0.6 is 0 Å². The highest BCUT2D eigenvalue weighted by molar-refractivity contribution is 5.89. The number of likely N-dealkylation sites (tertiary alicyclic amines) is 1. The minimum atomic E-state index is 0.0166. The van der Waals surface area contributed by atoms with Gasteiger partial charge in [-0.3, -0.25) is 0 Å². The van der Waals surface area contributed by atoms with Crippen LogP contribution in [-0.4, -0.2) is 49.3 Å². The third kappa shape index (κ3) is 4.20. The third-order valence-corrected chi connectivity index (χ3v) is 4.85. The van der Waals surface area contributed by atoms with Crippen molar-refractivity contribution in [1.82, 2.24) is 4.90 Å². The molecule has 0 aromatic heterocycles. The van der Waals surface area contributed by atoms with Crippen LogP contribution in [0.5, 0.6) is 0 Å². The number of rotatable bonds is 2. The zero-order valence-corrected chi connectivity index (χ0v) is 15.0. The minimum absolute atomic E-state index is 0.0166. The van der Waals surface area contributed by atoms with Gasteiger partial charge < -0.3 is 19.9 Å². The lowest BCUT2D eigenvalue weighted by Crippen LogP contribution is -2.45. The van der Waals surface area contributed by atoms with Crippen LogP contribution in [0.3, 0.4) is 0 Å². The van der Waals surface area contributed by atoms with Gasteiger partial charge in [0.05, 0.1) is 12.2 Å². The van der Waals surface area contributed by atoms with E-state index >= 15 is 0 Å². The molecular formula is C19H29N3O2. The molecule has 2 aliphatic heterocycles. The van der Waals surface area contributed by atoms with E-state index in [2.05, 4.69) is 43.1 Å². The van der Waals surface area contributed by atoms with Crippen LogP contribution in [0, 0.1) is 5.92 Å². The highest BCUT2D eigenvalue weighted by Gasteiger charge is 2.23. The largest absolute Gasteiger partial charge is 0.372 e. The van der Waals surface area contributed by atoms with Gasteiger partial charge in [0.25, 0.3) is 0 Å². The van der Waals surface area contributed by atoms with E-state index in [0.717, 1.165) is 38.3 Å². The van der Waals surface area contributed by atoms with Crippen LogP contribution < -0.4 is 10.2 Å². The van der Waals surface area contributed by atoms with Crippen molar-refractivity contribution >= 4 is 17.4 Å². The molecule has 2 heterocycles. The van der Waals surface area contributed by atoms with Crippen LogP contribution in [-0.2, 0) is 4.74 Å². The molecule has 3 atom stereocenters. The van der Waals surface area contributed by atoms with Crippen molar-refractivity contribution in [3.63, 3.8) is 0 Å². The van der Waals surface area contributed by atoms with Gasteiger partial charge in [-0.05, 0) is 56.9 Å². The fourth-order valence-corrected chi connectivity index (χ4v) is 3.72. The quantitative estimate of drug-likeness (QED) is 0.901. The first-order valence-electron chi connectivity index (χ1n) is 9.07. The fraction of sp³-hybridized carbons (Fsp3) is 0.632. The maximum Gasteiger partial charge on any atom is 0.321 e. The lowest BCUT2D eigenvalue weighted by Gasteiger charge is -2.37. The van der Waals surface area contributed by atoms with E-state index in [0.29, 0.717) is 5.92 Å². The van der Waals surface area contributed by atoms with Gasteiger partial charge in [-0.2, -0.15) is 0 Å². The van der Waals surface area contributed by atoms with Crippen molar-refractivity contribution in [2.75, 3.05) is 36.4 Å². The van der Waals surface area contributed by atoms with E-state index in [1.54, 1.807) is 0 Å². The Morgan fingerprint density at radius 2 is 1.75 bits per heavy atom. The predicted molar refractivity (Wildman–Crippen MR) is 97.7 cm³/mol. The highest BCUT2D eigenvalue weighted by Crippen LogP contribution is 2.23. The summed E-state index contributed by atoms with van der Waals surface area (Å²) in [5, 5.41) is 3.02. The smallest absolute Gasteiger partial charge is 0.321 e. The van der Waals surface area contributed by atoms with E-state index in [1.807, 2.05) is 17.0 Å². The molecule has 0 aliphatic carbocycles. The van der Waals surface area contributed by atoms with Gasteiger partial charge in [-0.15, -0.1) is 0 Å². The standard InChI is InChI=1S/C19H29N3O2/c1-14-5-4-10-21(11-14)19(23)20-17-6-8-18(9-7-17)22-12-15(2)24-16(3)13-22/h6-9,14-16H,4-5,10-13H2,1-3H3,(H,20,23)/t14-,15-,16+/m0/s1. The second-order valence-corrected chi connectivity index (χ2v) is 7.33. The molecule has 0 saturated carbocycles. The van der Waals surface area contributed by atoms with Gasteiger partial charge in [0.15, 0.2) is 0 Å². The third-order valence-electron chi connectivity index (χ3n) is 4.85. The SMILES string of the molecule is C[C@H]1CCCN(C(=O)Nc2ccc(N3C[C@@H](C)O[C@@H](C)C3)cc2)C1. The molecule has 2 saturated heterocycles. The average molecular weight is 331 g/mol. The summed E-state index contributed by atoms with van der Waals surface area (Å²) in [5.41, 5.74) is 2.04. The first-order chi connectivity index (χ1) is 11.5. The van der Waals surface area contributed by atoms with E-state index in [-0.39, 0.29) is 18.2 Å². The second kappa shape index (κ2) is 7.43. The van der Waals surface area contributed by atoms with Gasteiger partial charge >= 0.3 is 6.03 Å². The molecule has 1 N–H and O–H groups in total. The number of carbonyl (C=O) groups excluding carboxylic acids is 1. The number of amides is 2. The number of nitrogens with zero attached hydrogens (tertiary/aromatic N) is 2. The van der Waals surface area contributed by atoms with Crippen molar-refractivity contribution in [2.45, 2.75) is 45.8 Å². The van der Waals surface area contributed by atoms with Gasteiger partial charge in [0.2, 0.25) is 0 Å². The maximum atomic E-state index is 12.4. The Balaban J connectivity index is 1.59. The summed E-state index contributed by atoms with van der Waals surface area (Å²) < 4.78 is 5.79. The lowest BCUT2D eigenvalue weighted by atomic mass is 10.0. The summed E-state index contributed by atoms with van der Waals surface area (Å²) in [5.74, 6) is 0.595. The van der Waals surface area contributed by atoms with Crippen molar-refractivity contribution in [2.24, 2.45) is 5.92 Å². The molecule has 0 bridgehead atoms. The normalized spacial score (nSPS) is 27.9. The average Bonchev–Trinajstić information content (AvgIpc) is 2.54. The summed E-state index contributed by atoms with van der Waals surface area (Å²) in [7, 11) is 0. The second-order valence-electron chi connectivity index (χ2n) is 7.33. The molecule has 0 radical (unpaired) electrons. The van der Waals surface area contributed by atoms with E-state index < -0.39 is 0 Å². The molecule has 5 heteroatoms.